The molecule has 0 bridgehead atoms. The molecule has 2 saturated heterocycles. The van der Waals surface area contributed by atoms with Crippen molar-refractivity contribution in [2.75, 3.05) is 6.61 Å². The molecule has 7 atom stereocenters. The summed E-state index contributed by atoms with van der Waals surface area (Å²) in [5.41, 5.74) is 2.11. The van der Waals surface area contributed by atoms with E-state index in [0.717, 1.165) is 11.1 Å². The van der Waals surface area contributed by atoms with Crippen LogP contribution in [-0.4, -0.2) is 72.6 Å². The van der Waals surface area contributed by atoms with Crippen LogP contribution in [0.4, 0.5) is 0 Å². The van der Waals surface area contributed by atoms with E-state index in [2.05, 4.69) is 98.5 Å². The molecule has 0 saturated carbocycles. The highest BCUT2D eigenvalue weighted by atomic mass is 28.4. The summed E-state index contributed by atoms with van der Waals surface area (Å²) in [5.74, 6) is 0. The standard InChI is InChI=1S/C39H47NO5Si/c1-28-35(41)36(42)34-38(44-26-30-19-11-6-12-20-30)37(43-25-29-17-9-5-10-18-29)33(40(28)34)27-45-46(39(2,3)4,31-21-13-7-14-22-31)32-23-15-8-16-24-32/h5-24,28,33-38,41-42H,25-27H2,1-4H3/t28-,33+,34+,35+,36+,37+,38+/m0/s1. The molecule has 4 aromatic carbocycles. The van der Waals surface area contributed by atoms with Crippen molar-refractivity contribution < 1.29 is 24.1 Å². The van der Waals surface area contributed by atoms with Gasteiger partial charge < -0.3 is 24.1 Å². The van der Waals surface area contributed by atoms with Crippen LogP contribution in [0.3, 0.4) is 0 Å². The summed E-state index contributed by atoms with van der Waals surface area (Å²) >= 11 is 0. The fourth-order valence-corrected chi connectivity index (χ4v) is 12.2. The van der Waals surface area contributed by atoms with Gasteiger partial charge in [0, 0.05) is 6.04 Å². The van der Waals surface area contributed by atoms with Crippen LogP contribution in [0.5, 0.6) is 0 Å². The Labute approximate surface area is 274 Å². The molecule has 2 heterocycles. The van der Waals surface area contributed by atoms with Gasteiger partial charge in [-0.3, -0.25) is 4.90 Å². The normalized spacial score (nSPS) is 26.7. The van der Waals surface area contributed by atoms with Gasteiger partial charge in [-0.25, -0.2) is 0 Å². The fraction of sp³-hybridized carbons (Fsp3) is 0.385. The number of nitrogens with zero attached hydrogens (tertiary/aromatic N) is 1. The van der Waals surface area contributed by atoms with E-state index in [1.54, 1.807) is 0 Å². The maximum atomic E-state index is 11.5. The van der Waals surface area contributed by atoms with E-state index in [0.29, 0.717) is 19.8 Å². The van der Waals surface area contributed by atoms with Crippen molar-refractivity contribution >= 4 is 18.7 Å². The largest absolute Gasteiger partial charge is 0.406 e. The average Bonchev–Trinajstić information content (AvgIpc) is 3.50. The molecule has 46 heavy (non-hydrogen) atoms. The molecule has 2 N–H and O–H groups in total. The third kappa shape index (κ3) is 6.26. The lowest BCUT2D eigenvalue weighted by Gasteiger charge is -2.44. The van der Waals surface area contributed by atoms with E-state index in [1.165, 1.54) is 10.4 Å². The number of hydrogen-bond donors (Lipinski definition) is 2. The number of hydrogen-bond acceptors (Lipinski definition) is 6. The van der Waals surface area contributed by atoms with E-state index >= 15 is 0 Å². The summed E-state index contributed by atoms with van der Waals surface area (Å²) in [6, 6.07) is 40.5. The van der Waals surface area contributed by atoms with E-state index in [-0.39, 0.29) is 17.1 Å². The van der Waals surface area contributed by atoms with Crippen LogP contribution >= 0.6 is 0 Å². The summed E-state index contributed by atoms with van der Waals surface area (Å²) in [6.45, 7) is 9.95. The summed E-state index contributed by atoms with van der Waals surface area (Å²) in [6.07, 6.45) is -2.77. The molecule has 0 radical (unpaired) electrons. The predicted molar refractivity (Wildman–Crippen MR) is 185 cm³/mol. The first-order valence-electron chi connectivity index (χ1n) is 16.4. The molecule has 6 nitrogen and oxygen atoms in total. The maximum absolute atomic E-state index is 11.5. The molecule has 2 aliphatic heterocycles. The first-order valence-corrected chi connectivity index (χ1v) is 18.3. The topological polar surface area (TPSA) is 71.4 Å². The zero-order chi connectivity index (χ0) is 32.3. The van der Waals surface area contributed by atoms with Gasteiger partial charge >= 0.3 is 0 Å². The van der Waals surface area contributed by atoms with Crippen molar-refractivity contribution in [2.24, 2.45) is 0 Å². The highest BCUT2D eigenvalue weighted by Gasteiger charge is 2.62. The van der Waals surface area contributed by atoms with Crippen LogP contribution in [0.2, 0.25) is 5.04 Å². The molecular formula is C39H47NO5Si. The average molecular weight is 638 g/mol. The minimum Gasteiger partial charge on any atom is -0.406 e. The third-order valence-electron chi connectivity index (χ3n) is 9.89. The van der Waals surface area contributed by atoms with E-state index in [1.807, 2.05) is 55.5 Å². The van der Waals surface area contributed by atoms with Gasteiger partial charge in [-0.05, 0) is 33.5 Å². The molecule has 0 spiro atoms. The summed E-state index contributed by atoms with van der Waals surface area (Å²) in [7, 11) is -2.87. The molecule has 0 aliphatic carbocycles. The van der Waals surface area contributed by atoms with Gasteiger partial charge in [0.2, 0.25) is 0 Å². The second-order valence-corrected chi connectivity index (χ2v) is 18.0. The first kappa shape index (κ1) is 32.8. The van der Waals surface area contributed by atoms with Crippen molar-refractivity contribution in [3.05, 3.63) is 132 Å². The molecule has 4 aromatic rings. The minimum atomic E-state index is -2.87. The van der Waals surface area contributed by atoms with E-state index < -0.39 is 38.8 Å². The van der Waals surface area contributed by atoms with Crippen molar-refractivity contribution in [1.29, 1.82) is 0 Å². The van der Waals surface area contributed by atoms with Crippen molar-refractivity contribution in [2.45, 2.75) is 88.5 Å². The Balaban J connectivity index is 1.40. The highest BCUT2D eigenvalue weighted by Crippen LogP contribution is 2.43. The number of aliphatic hydroxyl groups is 2. The summed E-state index contributed by atoms with van der Waals surface area (Å²) in [4.78, 5) is 2.22. The molecule has 2 aliphatic rings. The van der Waals surface area contributed by atoms with Gasteiger partial charge in [-0.1, -0.05) is 142 Å². The zero-order valence-electron chi connectivity index (χ0n) is 27.3. The van der Waals surface area contributed by atoms with Crippen LogP contribution in [0.1, 0.15) is 38.8 Å². The second-order valence-electron chi connectivity index (χ2n) is 13.7. The first-order chi connectivity index (χ1) is 22.2. The monoisotopic (exact) mass is 637 g/mol. The van der Waals surface area contributed by atoms with Gasteiger partial charge in [0.25, 0.3) is 8.32 Å². The van der Waals surface area contributed by atoms with Crippen LogP contribution < -0.4 is 10.4 Å². The van der Waals surface area contributed by atoms with Crippen molar-refractivity contribution in [1.82, 2.24) is 4.90 Å². The lowest BCUT2D eigenvalue weighted by Crippen LogP contribution is -2.67. The Morgan fingerprint density at radius 2 is 1.07 bits per heavy atom. The Morgan fingerprint density at radius 3 is 1.52 bits per heavy atom. The van der Waals surface area contributed by atoms with Crippen LogP contribution in [0.25, 0.3) is 0 Å². The zero-order valence-corrected chi connectivity index (χ0v) is 28.3. The number of benzene rings is 4. The van der Waals surface area contributed by atoms with Gasteiger partial charge in [0.05, 0.1) is 44.1 Å². The lowest BCUT2D eigenvalue weighted by atomic mass is 9.99. The Hall–Kier alpha value is -3.14. The quantitative estimate of drug-likeness (QED) is 0.228. The second kappa shape index (κ2) is 13.9. The molecular weight excluding hydrogens is 591 g/mol. The molecule has 242 valence electrons. The predicted octanol–water partition coefficient (Wildman–Crippen LogP) is 4.91. The minimum absolute atomic E-state index is 0.201. The van der Waals surface area contributed by atoms with Crippen LogP contribution in [-0.2, 0) is 27.1 Å². The van der Waals surface area contributed by atoms with Crippen molar-refractivity contribution in [3.63, 3.8) is 0 Å². The van der Waals surface area contributed by atoms with Gasteiger partial charge in [-0.15, -0.1) is 0 Å². The molecule has 0 unspecified atom stereocenters. The van der Waals surface area contributed by atoms with E-state index in [9.17, 15) is 10.2 Å². The fourth-order valence-electron chi connectivity index (χ4n) is 7.67. The van der Waals surface area contributed by atoms with Gasteiger partial charge in [-0.2, -0.15) is 0 Å². The number of rotatable bonds is 11. The Morgan fingerprint density at radius 1 is 0.630 bits per heavy atom. The van der Waals surface area contributed by atoms with Gasteiger partial charge in [0.15, 0.2) is 0 Å². The Kier molecular flexibility index (Phi) is 9.92. The highest BCUT2D eigenvalue weighted by molar-refractivity contribution is 6.99. The van der Waals surface area contributed by atoms with Crippen molar-refractivity contribution in [3.8, 4) is 0 Å². The van der Waals surface area contributed by atoms with Gasteiger partial charge in [0.1, 0.15) is 12.2 Å². The SMILES string of the molecule is C[C@H]1[C@@H](O)[C@H](O)[C@@H]2[C@@H](OCc3ccccc3)[C@H](OCc3ccccc3)[C@@H](CO[Si](c3ccccc3)(c3ccccc3)C(C)(C)C)N21. The smallest absolute Gasteiger partial charge is 0.261 e. The maximum Gasteiger partial charge on any atom is 0.261 e. The molecule has 7 heteroatoms. The number of fused-ring (bicyclic) bond motifs is 1. The lowest BCUT2D eigenvalue weighted by molar-refractivity contribution is -0.100. The van der Waals surface area contributed by atoms with E-state index in [4.69, 9.17) is 13.9 Å². The number of aliphatic hydroxyl groups excluding tert-OH is 2. The molecule has 6 rings (SSSR count). The molecule has 0 amide bonds. The summed E-state index contributed by atoms with van der Waals surface area (Å²) in [5, 5.41) is 24.9. The van der Waals surface area contributed by atoms with Crippen LogP contribution in [0, 0.1) is 0 Å². The third-order valence-corrected chi connectivity index (χ3v) is 14.9. The summed E-state index contributed by atoms with van der Waals surface area (Å²) < 4.78 is 21.0. The molecule has 2 fully saturated rings. The Bertz CT molecular complexity index is 1480. The van der Waals surface area contributed by atoms with Crippen LogP contribution in [0.15, 0.2) is 121 Å². The number of ether oxygens (including phenoxy) is 2. The molecule has 0 aromatic heterocycles.